The van der Waals surface area contributed by atoms with E-state index in [4.69, 9.17) is 9.84 Å². The van der Waals surface area contributed by atoms with Crippen LogP contribution in [-0.2, 0) is 16.7 Å². The predicted molar refractivity (Wildman–Crippen MR) is 187 cm³/mol. The first-order chi connectivity index (χ1) is 22.5. The third kappa shape index (κ3) is 9.78. The highest BCUT2D eigenvalue weighted by atomic mass is 32.1. The van der Waals surface area contributed by atoms with Crippen molar-refractivity contribution < 1.29 is 29.3 Å². The Morgan fingerprint density at radius 2 is 1.47 bits per heavy atom. The lowest BCUT2D eigenvalue weighted by Crippen LogP contribution is -2.22. The summed E-state index contributed by atoms with van der Waals surface area (Å²) in [5, 5.41) is 24.4. The second-order valence-corrected chi connectivity index (χ2v) is 13.2. The van der Waals surface area contributed by atoms with E-state index in [9.17, 15) is 19.5 Å². The van der Waals surface area contributed by atoms with E-state index in [2.05, 4.69) is 43.2 Å². The van der Waals surface area contributed by atoms with Crippen LogP contribution in [0.3, 0.4) is 0 Å². The fourth-order valence-electron chi connectivity index (χ4n) is 4.85. The van der Waals surface area contributed by atoms with Crippen molar-refractivity contribution in [3.63, 3.8) is 0 Å². The molecule has 47 heavy (non-hydrogen) atoms. The Labute approximate surface area is 280 Å². The summed E-state index contributed by atoms with van der Waals surface area (Å²) in [5.74, 6) is -0.307. The average molecular weight is 655 g/mol. The number of aliphatic hydroxyl groups is 1. The van der Waals surface area contributed by atoms with Gasteiger partial charge in [-0.05, 0) is 47.6 Å². The highest BCUT2D eigenvalue weighted by Crippen LogP contribution is 2.39. The third-order valence-electron chi connectivity index (χ3n) is 7.75. The van der Waals surface area contributed by atoms with Gasteiger partial charge in [0.05, 0.1) is 18.1 Å². The maximum Gasteiger partial charge on any atom is 0.251 e. The number of benzene rings is 3. The molecule has 246 valence electrons. The number of rotatable bonds is 15. The Morgan fingerprint density at radius 3 is 2.11 bits per heavy atom. The zero-order valence-electron chi connectivity index (χ0n) is 27.3. The van der Waals surface area contributed by atoms with Crippen molar-refractivity contribution in [2.24, 2.45) is 4.99 Å². The van der Waals surface area contributed by atoms with Gasteiger partial charge < -0.3 is 20.3 Å². The number of nitrogens with one attached hydrogen (secondary N) is 1. The molecule has 0 bridgehead atoms. The van der Waals surface area contributed by atoms with Crippen LogP contribution in [-0.4, -0.2) is 59.8 Å². The van der Waals surface area contributed by atoms with Crippen molar-refractivity contribution in [2.45, 2.75) is 52.5 Å². The number of Topliss-reactive ketones (excluding diaryl/α,β-unsaturated/α-hetero) is 2. The van der Waals surface area contributed by atoms with Crippen molar-refractivity contribution in [2.75, 3.05) is 26.4 Å². The van der Waals surface area contributed by atoms with Crippen LogP contribution in [0.5, 0.6) is 5.75 Å². The number of ether oxygens (including phenoxy) is 1. The summed E-state index contributed by atoms with van der Waals surface area (Å²) in [6.07, 6.45) is 0.945. The summed E-state index contributed by atoms with van der Waals surface area (Å²) in [6, 6.07) is 21.7. The molecule has 4 rings (SSSR count). The molecule has 0 aliphatic heterocycles. The van der Waals surface area contributed by atoms with Gasteiger partial charge in [-0.15, -0.1) is 11.3 Å². The monoisotopic (exact) mass is 654 g/mol. The fourth-order valence-corrected chi connectivity index (χ4v) is 5.86. The van der Waals surface area contributed by atoms with Crippen molar-refractivity contribution in [3.8, 4) is 16.2 Å². The lowest BCUT2D eigenvalue weighted by molar-refractivity contribution is 0.0831. The Bertz CT molecular complexity index is 1700. The number of aromatic hydroxyl groups is 1. The van der Waals surface area contributed by atoms with Gasteiger partial charge in [-0.2, -0.15) is 0 Å². The zero-order chi connectivity index (χ0) is 34.0. The summed E-state index contributed by atoms with van der Waals surface area (Å²) in [7, 11) is 0. The van der Waals surface area contributed by atoms with Gasteiger partial charge in [-0.3, -0.25) is 19.4 Å². The number of aliphatic imine (C=N–C) groups is 1. The summed E-state index contributed by atoms with van der Waals surface area (Å²) in [6.45, 7) is 9.12. The molecule has 4 aromatic rings. The first-order valence-electron chi connectivity index (χ1n) is 15.6. The topological polar surface area (TPSA) is 125 Å². The van der Waals surface area contributed by atoms with Crippen molar-refractivity contribution in [3.05, 3.63) is 112 Å². The van der Waals surface area contributed by atoms with Gasteiger partial charge in [-0.1, -0.05) is 81.4 Å². The summed E-state index contributed by atoms with van der Waals surface area (Å²) >= 11 is 1.44. The summed E-state index contributed by atoms with van der Waals surface area (Å²) < 4.78 is 5.19. The quantitative estimate of drug-likeness (QED) is 0.0720. The molecular weight excluding hydrogens is 612 g/mol. The lowest BCUT2D eigenvalue weighted by atomic mass is 9.86. The molecule has 1 amide bonds. The number of hydrogen-bond acceptors (Lipinski definition) is 8. The molecule has 0 radical (unpaired) electrons. The van der Waals surface area contributed by atoms with Gasteiger partial charge in [-0.25, -0.2) is 0 Å². The molecule has 3 aromatic carbocycles. The van der Waals surface area contributed by atoms with Crippen LogP contribution < -0.4 is 5.32 Å². The maximum absolute atomic E-state index is 12.9. The maximum atomic E-state index is 12.9. The van der Waals surface area contributed by atoms with Crippen LogP contribution in [0.1, 0.15) is 88.3 Å². The Balaban J connectivity index is 1.27. The second-order valence-electron chi connectivity index (χ2n) is 12.3. The average Bonchev–Trinajstić information content (AvgIpc) is 3.46. The highest BCUT2D eigenvalue weighted by Gasteiger charge is 2.18. The van der Waals surface area contributed by atoms with E-state index in [0.29, 0.717) is 47.4 Å². The molecule has 0 atom stereocenters. The zero-order valence-corrected chi connectivity index (χ0v) is 28.2. The van der Waals surface area contributed by atoms with E-state index in [1.54, 1.807) is 55.5 Å². The van der Waals surface area contributed by atoms with Crippen LogP contribution in [0.4, 0.5) is 0 Å². The van der Waals surface area contributed by atoms with E-state index in [1.165, 1.54) is 16.9 Å². The fraction of sp³-hybridized carbons (Fsp3) is 0.316. The molecule has 0 aliphatic rings. The second kappa shape index (κ2) is 16.4. The van der Waals surface area contributed by atoms with Crippen molar-refractivity contribution >= 4 is 34.5 Å². The highest BCUT2D eigenvalue weighted by molar-refractivity contribution is 7.14. The van der Waals surface area contributed by atoms with Gasteiger partial charge in [0.1, 0.15) is 12.3 Å². The van der Waals surface area contributed by atoms with Gasteiger partial charge >= 0.3 is 0 Å². The largest absolute Gasteiger partial charge is 0.506 e. The first kappa shape index (κ1) is 35.4. The summed E-state index contributed by atoms with van der Waals surface area (Å²) in [4.78, 5) is 43.1. The van der Waals surface area contributed by atoms with Crippen molar-refractivity contribution in [1.29, 1.82) is 0 Å². The predicted octanol–water partition coefficient (Wildman–Crippen LogP) is 7.01. The van der Waals surface area contributed by atoms with E-state index in [1.807, 2.05) is 17.5 Å². The molecule has 9 heteroatoms. The molecular formula is C38H42N2O6S. The molecule has 0 saturated heterocycles. The number of carbonyl (C=O) groups excluding carboxylic acids is 3. The molecule has 0 spiro atoms. The molecule has 8 nitrogen and oxygen atoms in total. The molecule has 0 fully saturated rings. The SMILES string of the molecule is CC(=NCC(=O)c1ccc(C(=O)NCc2ccc(C(=O)CCCOCCO)cc2)cc1)c1csc(-c2ccc(C(C)(C)C)cc2)c1O. The number of ketones is 2. The standard InChI is InChI=1S/C38H42N2O6S/c1-25(32-24-47-36(35(32)44)29-15-17-31(18-16-29)38(2,3)4)39-23-34(43)28-11-13-30(14-12-28)37(45)40-22-26-7-9-27(10-8-26)33(42)6-5-20-46-21-19-41/h7-18,24,41,44H,5-6,19-23H2,1-4H3,(H,40,45). The van der Waals surface area contributed by atoms with E-state index >= 15 is 0 Å². The van der Waals surface area contributed by atoms with Crippen LogP contribution in [0.2, 0.25) is 0 Å². The molecule has 0 unspecified atom stereocenters. The Hall–Kier alpha value is -4.44. The van der Waals surface area contributed by atoms with E-state index in [0.717, 1.165) is 16.0 Å². The first-order valence-corrected chi connectivity index (χ1v) is 16.5. The Morgan fingerprint density at radius 1 is 0.851 bits per heavy atom. The normalized spacial score (nSPS) is 11.8. The minimum Gasteiger partial charge on any atom is -0.506 e. The molecule has 1 heterocycles. The summed E-state index contributed by atoms with van der Waals surface area (Å²) in [5.41, 5.74) is 5.67. The van der Waals surface area contributed by atoms with E-state index in [-0.39, 0.29) is 54.9 Å². The molecule has 1 aromatic heterocycles. The minimum absolute atomic E-state index is 0.0141. The van der Waals surface area contributed by atoms with Crippen LogP contribution >= 0.6 is 11.3 Å². The lowest BCUT2D eigenvalue weighted by Gasteiger charge is -2.19. The number of nitrogens with zero attached hydrogens (tertiary/aromatic N) is 1. The Kier molecular flexibility index (Phi) is 12.4. The molecule has 0 saturated carbocycles. The van der Waals surface area contributed by atoms with Gasteiger partial charge in [0.25, 0.3) is 5.91 Å². The van der Waals surface area contributed by atoms with Crippen LogP contribution in [0.25, 0.3) is 10.4 Å². The number of hydrogen-bond donors (Lipinski definition) is 3. The van der Waals surface area contributed by atoms with Crippen LogP contribution in [0.15, 0.2) is 83.2 Å². The molecule has 0 aliphatic carbocycles. The minimum atomic E-state index is -0.280. The van der Waals surface area contributed by atoms with Crippen molar-refractivity contribution in [1.82, 2.24) is 5.32 Å². The third-order valence-corrected chi connectivity index (χ3v) is 8.77. The number of amides is 1. The number of carbonyl (C=O) groups is 3. The smallest absolute Gasteiger partial charge is 0.251 e. The van der Waals surface area contributed by atoms with Gasteiger partial charge in [0.2, 0.25) is 0 Å². The van der Waals surface area contributed by atoms with E-state index < -0.39 is 0 Å². The van der Waals surface area contributed by atoms with Gasteiger partial charge in [0, 0.05) is 52.9 Å². The van der Waals surface area contributed by atoms with Gasteiger partial charge in [0.15, 0.2) is 11.6 Å². The van der Waals surface area contributed by atoms with Crippen LogP contribution in [0, 0.1) is 0 Å². The number of aliphatic hydroxyl groups excluding tert-OH is 1. The number of thiophene rings is 1. The molecule has 3 N–H and O–H groups in total.